The van der Waals surface area contributed by atoms with Gasteiger partial charge in [0.05, 0.1) is 16.4 Å². The van der Waals surface area contributed by atoms with Gasteiger partial charge in [-0.3, -0.25) is 9.59 Å². The standard InChI is InChI=1S/C20H27N3O4S/c1-3-23-19(25)17-13-21(15(2)24)14-18(17)20(23)9-11-22(12-10-20)28(26,27)16-7-5-4-6-8-16/h4-8,17-18H,3,9-14H2,1-2H3/t17-,18+/m0/s1. The van der Waals surface area contributed by atoms with Gasteiger partial charge in [0.15, 0.2) is 0 Å². The maximum atomic E-state index is 13.0. The van der Waals surface area contributed by atoms with Crippen LogP contribution >= 0.6 is 0 Å². The van der Waals surface area contributed by atoms with E-state index in [4.69, 9.17) is 0 Å². The third kappa shape index (κ3) is 2.76. The monoisotopic (exact) mass is 405 g/mol. The highest BCUT2D eigenvalue weighted by Crippen LogP contribution is 2.50. The molecule has 0 aromatic heterocycles. The maximum Gasteiger partial charge on any atom is 0.243 e. The summed E-state index contributed by atoms with van der Waals surface area (Å²) in [5.74, 6) is 0.0617. The van der Waals surface area contributed by atoms with Crippen molar-refractivity contribution in [1.29, 1.82) is 0 Å². The van der Waals surface area contributed by atoms with Crippen molar-refractivity contribution >= 4 is 21.8 Å². The van der Waals surface area contributed by atoms with E-state index in [9.17, 15) is 18.0 Å². The van der Waals surface area contributed by atoms with E-state index in [1.807, 2.05) is 11.8 Å². The van der Waals surface area contributed by atoms with Crippen LogP contribution in [0.5, 0.6) is 0 Å². The number of rotatable bonds is 3. The first-order valence-electron chi connectivity index (χ1n) is 9.93. The van der Waals surface area contributed by atoms with Gasteiger partial charge >= 0.3 is 0 Å². The van der Waals surface area contributed by atoms with E-state index in [0.717, 1.165) is 0 Å². The fraction of sp³-hybridized carbons (Fsp3) is 0.600. The van der Waals surface area contributed by atoms with Gasteiger partial charge in [0.1, 0.15) is 0 Å². The molecule has 4 rings (SSSR count). The molecule has 0 unspecified atom stereocenters. The van der Waals surface area contributed by atoms with Crippen LogP contribution < -0.4 is 0 Å². The summed E-state index contributed by atoms with van der Waals surface area (Å²) in [6, 6.07) is 8.50. The van der Waals surface area contributed by atoms with Crippen LogP contribution in [0, 0.1) is 11.8 Å². The number of amides is 2. The molecule has 1 aromatic rings. The Morgan fingerprint density at radius 2 is 1.79 bits per heavy atom. The minimum absolute atomic E-state index is 0.00416. The van der Waals surface area contributed by atoms with Crippen LogP contribution in [-0.4, -0.2) is 72.6 Å². The summed E-state index contributed by atoms with van der Waals surface area (Å²) in [7, 11) is -3.53. The fourth-order valence-electron chi connectivity index (χ4n) is 5.44. The first-order chi connectivity index (χ1) is 13.3. The van der Waals surface area contributed by atoms with Gasteiger partial charge in [0.2, 0.25) is 21.8 Å². The molecule has 0 radical (unpaired) electrons. The molecule has 0 saturated carbocycles. The molecule has 7 nitrogen and oxygen atoms in total. The van der Waals surface area contributed by atoms with Crippen molar-refractivity contribution in [3.63, 3.8) is 0 Å². The molecule has 2 atom stereocenters. The molecule has 3 heterocycles. The molecule has 1 spiro atoms. The quantitative estimate of drug-likeness (QED) is 0.756. The predicted molar refractivity (Wildman–Crippen MR) is 104 cm³/mol. The number of carbonyl (C=O) groups is 2. The number of carbonyl (C=O) groups excluding carboxylic acids is 2. The van der Waals surface area contributed by atoms with E-state index >= 15 is 0 Å². The van der Waals surface area contributed by atoms with E-state index in [-0.39, 0.29) is 29.2 Å². The number of nitrogens with zero attached hydrogens (tertiary/aromatic N) is 3. The van der Waals surface area contributed by atoms with Crippen LogP contribution in [0.15, 0.2) is 35.2 Å². The second-order valence-electron chi connectivity index (χ2n) is 8.04. The predicted octanol–water partition coefficient (Wildman–Crippen LogP) is 1.17. The van der Waals surface area contributed by atoms with E-state index in [2.05, 4.69) is 0 Å². The number of piperidine rings is 1. The van der Waals surface area contributed by atoms with Crippen molar-refractivity contribution in [3.05, 3.63) is 30.3 Å². The molecule has 3 aliphatic rings. The normalized spacial score (nSPS) is 27.4. The molecule has 3 saturated heterocycles. The fourth-order valence-corrected chi connectivity index (χ4v) is 6.90. The van der Waals surface area contributed by atoms with Crippen LogP contribution in [0.2, 0.25) is 0 Å². The molecular weight excluding hydrogens is 378 g/mol. The number of benzene rings is 1. The van der Waals surface area contributed by atoms with Crippen molar-refractivity contribution in [2.24, 2.45) is 11.8 Å². The van der Waals surface area contributed by atoms with Gasteiger partial charge in [-0.25, -0.2) is 8.42 Å². The van der Waals surface area contributed by atoms with Crippen molar-refractivity contribution in [3.8, 4) is 0 Å². The van der Waals surface area contributed by atoms with Gasteiger partial charge in [0, 0.05) is 45.6 Å². The smallest absolute Gasteiger partial charge is 0.243 e. The third-order valence-electron chi connectivity index (χ3n) is 6.86. The summed E-state index contributed by atoms with van der Waals surface area (Å²) in [6.45, 7) is 6.02. The summed E-state index contributed by atoms with van der Waals surface area (Å²) < 4.78 is 27.5. The Morgan fingerprint density at radius 1 is 1.14 bits per heavy atom. The van der Waals surface area contributed by atoms with E-state index < -0.39 is 10.0 Å². The Kier molecular flexibility index (Phi) is 4.74. The molecule has 28 heavy (non-hydrogen) atoms. The average Bonchev–Trinajstić information content (AvgIpc) is 3.23. The molecule has 1 aromatic carbocycles. The lowest BCUT2D eigenvalue weighted by molar-refractivity contribution is -0.136. The molecule has 3 fully saturated rings. The summed E-state index contributed by atoms with van der Waals surface area (Å²) in [4.78, 5) is 28.9. The molecule has 8 heteroatoms. The minimum atomic E-state index is -3.53. The van der Waals surface area contributed by atoms with Crippen LogP contribution in [0.4, 0.5) is 0 Å². The Labute approximate surface area is 166 Å². The molecule has 2 amide bonds. The second-order valence-corrected chi connectivity index (χ2v) is 9.98. The zero-order valence-corrected chi connectivity index (χ0v) is 17.2. The lowest BCUT2D eigenvalue weighted by Gasteiger charge is -2.47. The van der Waals surface area contributed by atoms with Crippen LogP contribution in [0.1, 0.15) is 26.7 Å². The van der Waals surface area contributed by atoms with Gasteiger partial charge in [-0.1, -0.05) is 18.2 Å². The summed E-state index contributed by atoms with van der Waals surface area (Å²) in [5, 5.41) is 0. The highest BCUT2D eigenvalue weighted by Gasteiger charge is 2.61. The number of likely N-dealkylation sites (tertiary alicyclic amines) is 2. The molecule has 152 valence electrons. The van der Waals surface area contributed by atoms with E-state index in [1.165, 1.54) is 4.31 Å². The second kappa shape index (κ2) is 6.84. The van der Waals surface area contributed by atoms with Gasteiger partial charge in [-0.15, -0.1) is 0 Å². The first kappa shape index (κ1) is 19.4. The third-order valence-corrected chi connectivity index (χ3v) is 8.77. The van der Waals surface area contributed by atoms with Crippen molar-refractivity contribution in [1.82, 2.24) is 14.1 Å². The lowest BCUT2D eigenvalue weighted by atomic mass is 9.75. The van der Waals surface area contributed by atoms with E-state index in [1.54, 1.807) is 42.2 Å². The average molecular weight is 406 g/mol. The Hall–Kier alpha value is -1.93. The van der Waals surface area contributed by atoms with Crippen LogP contribution in [0.3, 0.4) is 0 Å². The topological polar surface area (TPSA) is 78.0 Å². The highest BCUT2D eigenvalue weighted by molar-refractivity contribution is 7.89. The van der Waals surface area contributed by atoms with Gasteiger partial charge < -0.3 is 9.80 Å². The Bertz CT molecular complexity index is 878. The van der Waals surface area contributed by atoms with Crippen molar-refractivity contribution in [2.75, 3.05) is 32.7 Å². The largest absolute Gasteiger partial charge is 0.342 e. The minimum Gasteiger partial charge on any atom is -0.342 e. The molecule has 0 bridgehead atoms. The molecule has 3 aliphatic heterocycles. The Morgan fingerprint density at radius 3 is 2.36 bits per heavy atom. The number of sulfonamides is 1. The zero-order chi connectivity index (χ0) is 20.1. The van der Waals surface area contributed by atoms with Gasteiger partial charge in [-0.05, 0) is 31.9 Å². The highest BCUT2D eigenvalue weighted by atomic mass is 32.2. The summed E-state index contributed by atoms with van der Waals surface area (Å²) >= 11 is 0. The van der Waals surface area contributed by atoms with Crippen molar-refractivity contribution in [2.45, 2.75) is 37.1 Å². The number of fused-ring (bicyclic) bond motifs is 2. The lowest BCUT2D eigenvalue weighted by Crippen LogP contribution is -2.57. The molecule has 0 aliphatic carbocycles. The van der Waals surface area contributed by atoms with E-state index in [0.29, 0.717) is 50.5 Å². The van der Waals surface area contributed by atoms with Crippen LogP contribution in [-0.2, 0) is 19.6 Å². The Balaban J connectivity index is 1.58. The van der Waals surface area contributed by atoms with Crippen molar-refractivity contribution < 1.29 is 18.0 Å². The van der Waals surface area contributed by atoms with Gasteiger partial charge in [-0.2, -0.15) is 4.31 Å². The van der Waals surface area contributed by atoms with Gasteiger partial charge in [0.25, 0.3) is 0 Å². The molecular formula is C20H27N3O4S. The zero-order valence-electron chi connectivity index (χ0n) is 16.4. The molecule has 0 N–H and O–H groups in total. The first-order valence-corrected chi connectivity index (χ1v) is 11.4. The van der Waals surface area contributed by atoms with Crippen LogP contribution in [0.25, 0.3) is 0 Å². The number of hydrogen-bond donors (Lipinski definition) is 0. The summed E-state index contributed by atoms with van der Waals surface area (Å²) in [6.07, 6.45) is 1.23. The summed E-state index contributed by atoms with van der Waals surface area (Å²) in [5.41, 5.74) is -0.344. The number of hydrogen-bond acceptors (Lipinski definition) is 4. The SMILES string of the molecule is CCN1C(=O)[C@H]2CN(C(C)=O)C[C@H]2C12CCN(S(=O)(=O)c1ccccc1)CC2. The maximum absolute atomic E-state index is 13.0.